The van der Waals surface area contributed by atoms with Crippen LogP contribution in [0, 0.1) is 5.95 Å². The van der Waals surface area contributed by atoms with Crippen molar-refractivity contribution in [3.63, 3.8) is 0 Å². The van der Waals surface area contributed by atoms with Gasteiger partial charge in [0.2, 0.25) is 5.95 Å². The molecule has 4 nitrogen and oxygen atoms in total. The van der Waals surface area contributed by atoms with Gasteiger partial charge < -0.3 is 10.2 Å². The second-order valence-electron chi connectivity index (χ2n) is 3.89. The Kier molecular flexibility index (Phi) is 4.37. The van der Waals surface area contributed by atoms with Gasteiger partial charge in [-0.25, -0.2) is 4.98 Å². The Bertz CT molecular complexity index is 368. The van der Waals surface area contributed by atoms with Gasteiger partial charge in [-0.2, -0.15) is 4.39 Å². The molecular weight excluding hydrogens is 209 g/mol. The van der Waals surface area contributed by atoms with E-state index in [9.17, 15) is 9.18 Å². The van der Waals surface area contributed by atoms with Gasteiger partial charge in [0.05, 0.1) is 0 Å². The van der Waals surface area contributed by atoms with Gasteiger partial charge in [-0.15, -0.1) is 0 Å². The minimum Gasteiger partial charge on any atom is -0.350 e. The van der Waals surface area contributed by atoms with Gasteiger partial charge in [-0.1, -0.05) is 0 Å². The minimum absolute atomic E-state index is 0.232. The Labute approximate surface area is 94.5 Å². The molecule has 1 unspecified atom stereocenters. The Balaban J connectivity index is 2.53. The van der Waals surface area contributed by atoms with Crippen molar-refractivity contribution >= 4 is 5.91 Å². The monoisotopic (exact) mass is 225 g/mol. The van der Waals surface area contributed by atoms with Crippen LogP contribution in [0.2, 0.25) is 0 Å². The summed E-state index contributed by atoms with van der Waals surface area (Å²) in [4.78, 5) is 17.0. The summed E-state index contributed by atoms with van der Waals surface area (Å²) in [5.74, 6) is -0.927. The molecule has 0 aliphatic carbocycles. The summed E-state index contributed by atoms with van der Waals surface area (Å²) in [6.07, 6.45) is 1.28. The zero-order valence-electron chi connectivity index (χ0n) is 9.70. The number of carbonyl (C=O) groups is 1. The predicted molar refractivity (Wildman–Crippen MR) is 59.7 cm³/mol. The summed E-state index contributed by atoms with van der Waals surface area (Å²) in [5.41, 5.74) is 0.290. The number of aromatic nitrogens is 1. The van der Waals surface area contributed by atoms with Crippen molar-refractivity contribution < 1.29 is 9.18 Å². The predicted octanol–water partition coefficient (Wildman–Crippen LogP) is 0.901. The molecule has 1 N–H and O–H groups in total. The summed E-state index contributed by atoms with van der Waals surface area (Å²) in [6.45, 7) is 2.52. The molecule has 1 rings (SSSR count). The molecule has 0 radical (unpaired) electrons. The number of hydrogen-bond donors (Lipinski definition) is 1. The number of carbonyl (C=O) groups excluding carboxylic acids is 1. The molecule has 1 aromatic rings. The fraction of sp³-hybridized carbons (Fsp3) is 0.455. The summed E-state index contributed by atoms with van der Waals surface area (Å²) >= 11 is 0. The lowest BCUT2D eigenvalue weighted by molar-refractivity contribution is 0.0943. The van der Waals surface area contributed by atoms with E-state index in [1.807, 2.05) is 25.9 Å². The van der Waals surface area contributed by atoms with Crippen molar-refractivity contribution in [2.24, 2.45) is 0 Å². The van der Waals surface area contributed by atoms with E-state index < -0.39 is 5.95 Å². The Hall–Kier alpha value is -1.49. The van der Waals surface area contributed by atoms with Crippen molar-refractivity contribution in [3.05, 3.63) is 29.8 Å². The van der Waals surface area contributed by atoms with Gasteiger partial charge in [0.15, 0.2) is 0 Å². The molecule has 1 aromatic heterocycles. The SMILES string of the molecule is CC(CNC(=O)c1ccnc(F)c1)N(C)C. The van der Waals surface area contributed by atoms with E-state index in [1.54, 1.807) is 0 Å². The Morgan fingerprint density at radius 1 is 1.62 bits per heavy atom. The molecular formula is C11H16FN3O. The molecule has 1 heterocycles. The normalized spacial score (nSPS) is 12.6. The molecule has 1 atom stereocenters. The standard InChI is InChI=1S/C11H16FN3O/c1-8(15(2)3)7-14-11(16)9-4-5-13-10(12)6-9/h4-6,8H,7H2,1-3H3,(H,14,16). The van der Waals surface area contributed by atoms with Crippen LogP contribution in [-0.2, 0) is 0 Å². The topological polar surface area (TPSA) is 45.2 Å². The minimum atomic E-state index is -0.645. The number of rotatable bonds is 4. The first kappa shape index (κ1) is 12.6. The van der Waals surface area contributed by atoms with E-state index in [-0.39, 0.29) is 11.9 Å². The van der Waals surface area contributed by atoms with E-state index >= 15 is 0 Å². The van der Waals surface area contributed by atoms with Crippen molar-refractivity contribution in [1.29, 1.82) is 0 Å². The number of pyridine rings is 1. The Morgan fingerprint density at radius 3 is 2.88 bits per heavy atom. The maximum absolute atomic E-state index is 12.8. The van der Waals surface area contributed by atoms with Crippen molar-refractivity contribution in [2.45, 2.75) is 13.0 Å². The molecule has 0 aliphatic rings. The molecule has 0 spiro atoms. The Morgan fingerprint density at radius 2 is 2.31 bits per heavy atom. The largest absolute Gasteiger partial charge is 0.350 e. The van der Waals surface area contributed by atoms with Crippen LogP contribution in [0.5, 0.6) is 0 Å². The molecule has 88 valence electrons. The highest BCUT2D eigenvalue weighted by Crippen LogP contribution is 2.00. The number of nitrogens with zero attached hydrogens (tertiary/aromatic N) is 2. The summed E-state index contributed by atoms with van der Waals surface area (Å²) in [6, 6.07) is 2.84. The van der Waals surface area contributed by atoms with E-state index in [0.29, 0.717) is 12.1 Å². The molecule has 0 aliphatic heterocycles. The third-order valence-corrected chi connectivity index (χ3v) is 2.43. The third kappa shape index (κ3) is 3.58. The molecule has 0 aromatic carbocycles. The maximum atomic E-state index is 12.8. The first-order chi connectivity index (χ1) is 7.50. The molecule has 1 amide bonds. The van der Waals surface area contributed by atoms with Crippen LogP contribution in [0.1, 0.15) is 17.3 Å². The molecule has 0 bridgehead atoms. The highest BCUT2D eigenvalue weighted by molar-refractivity contribution is 5.93. The lowest BCUT2D eigenvalue weighted by Gasteiger charge is -2.19. The number of amides is 1. The van der Waals surface area contributed by atoms with Crippen LogP contribution in [0.3, 0.4) is 0 Å². The van der Waals surface area contributed by atoms with E-state index in [0.717, 1.165) is 6.07 Å². The average Bonchev–Trinajstić information content (AvgIpc) is 2.25. The smallest absolute Gasteiger partial charge is 0.251 e. The average molecular weight is 225 g/mol. The summed E-state index contributed by atoms with van der Waals surface area (Å²) in [7, 11) is 3.87. The fourth-order valence-electron chi connectivity index (χ4n) is 1.07. The summed E-state index contributed by atoms with van der Waals surface area (Å²) < 4.78 is 12.8. The molecule has 0 saturated carbocycles. The molecule has 0 fully saturated rings. The van der Waals surface area contributed by atoms with Gasteiger partial charge in [0, 0.05) is 30.4 Å². The maximum Gasteiger partial charge on any atom is 0.251 e. The number of nitrogens with one attached hydrogen (secondary N) is 1. The number of halogens is 1. The zero-order valence-corrected chi connectivity index (χ0v) is 9.70. The second kappa shape index (κ2) is 5.55. The van der Waals surface area contributed by atoms with E-state index in [2.05, 4.69) is 10.3 Å². The van der Waals surface area contributed by atoms with Crippen molar-refractivity contribution in [1.82, 2.24) is 15.2 Å². The summed E-state index contributed by atoms with van der Waals surface area (Å²) in [5, 5.41) is 2.73. The van der Waals surface area contributed by atoms with Gasteiger partial charge >= 0.3 is 0 Å². The molecule has 16 heavy (non-hydrogen) atoms. The number of hydrogen-bond acceptors (Lipinski definition) is 3. The fourth-order valence-corrected chi connectivity index (χ4v) is 1.07. The lowest BCUT2D eigenvalue weighted by Crippen LogP contribution is -2.38. The zero-order chi connectivity index (χ0) is 12.1. The van der Waals surface area contributed by atoms with Crippen LogP contribution in [0.4, 0.5) is 4.39 Å². The van der Waals surface area contributed by atoms with Gasteiger partial charge in [-0.3, -0.25) is 4.79 Å². The number of likely N-dealkylation sites (N-methyl/N-ethyl adjacent to an activating group) is 1. The van der Waals surface area contributed by atoms with E-state index in [4.69, 9.17) is 0 Å². The van der Waals surface area contributed by atoms with Crippen LogP contribution in [-0.4, -0.2) is 42.5 Å². The van der Waals surface area contributed by atoms with Gasteiger partial charge in [0.25, 0.3) is 5.91 Å². The van der Waals surface area contributed by atoms with Crippen LogP contribution >= 0.6 is 0 Å². The highest BCUT2D eigenvalue weighted by Gasteiger charge is 2.09. The van der Waals surface area contributed by atoms with Crippen molar-refractivity contribution in [2.75, 3.05) is 20.6 Å². The molecule has 0 saturated heterocycles. The quantitative estimate of drug-likeness (QED) is 0.774. The second-order valence-corrected chi connectivity index (χ2v) is 3.89. The van der Waals surface area contributed by atoms with Crippen molar-refractivity contribution in [3.8, 4) is 0 Å². The van der Waals surface area contributed by atoms with Gasteiger partial charge in [0.1, 0.15) is 0 Å². The van der Waals surface area contributed by atoms with Gasteiger partial charge in [-0.05, 0) is 27.1 Å². The van der Waals surface area contributed by atoms with E-state index in [1.165, 1.54) is 12.3 Å². The van der Waals surface area contributed by atoms with Crippen LogP contribution < -0.4 is 5.32 Å². The first-order valence-corrected chi connectivity index (χ1v) is 5.07. The first-order valence-electron chi connectivity index (χ1n) is 5.07. The molecule has 5 heteroatoms. The third-order valence-electron chi connectivity index (χ3n) is 2.43. The van der Waals surface area contributed by atoms with Crippen LogP contribution in [0.15, 0.2) is 18.3 Å². The highest BCUT2D eigenvalue weighted by atomic mass is 19.1. The van der Waals surface area contributed by atoms with Crippen LogP contribution in [0.25, 0.3) is 0 Å². The lowest BCUT2D eigenvalue weighted by atomic mass is 10.2.